The Morgan fingerprint density at radius 3 is 2.47 bits per heavy atom. The van der Waals surface area contributed by atoms with Gasteiger partial charge >= 0.3 is 0 Å². The zero-order valence-corrected chi connectivity index (χ0v) is 13.9. The lowest BCUT2D eigenvalue weighted by Gasteiger charge is -2.02. The Balaban J connectivity index is 2.29. The topological polar surface area (TPSA) is 30.7 Å². The number of aryl methyl sites for hydroxylation is 1. The molecule has 0 spiro atoms. The fourth-order valence-corrected chi connectivity index (χ4v) is 2.27. The van der Waals surface area contributed by atoms with Crippen molar-refractivity contribution in [2.75, 3.05) is 0 Å². The monoisotopic (exact) mass is 277 g/mol. The van der Waals surface area contributed by atoms with Crippen molar-refractivity contribution < 1.29 is 0 Å². The zero-order chi connectivity index (χ0) is 14.1. The van der Waals surface area contributed by atoms with Crippen LogP contribution in [0.15, 0.2) is 6.20 Å². The number of nitrogens with zero attached hydrogens (tertiary/aromatic N) is 3. The molecular formula is C15H27N3Si. The fourth-order valence-electron chi connectivity index (χ4n) is 1.77. The first kappa shape index (κ1) is 16.0. The highest BCUT2D eigenvalue weighted by molar-refractivity contribution is 6.83. The first-order chi connectivity index (χ1) is 9.01. The van der Waals surface area contributed by atoms with Crippen LogP contribution in [0.4, 0.5) is 0 Å². The summed E-state index contributed by atoms with van der Waals surface area (Å²) in [7, 11) is -1.31. The summed E-state index contributed by atoms with van der Waals surface area (Å²) in [5, 5.41) is 8.24. The molecule has 106 valence electrons. The Morgan fingerprint density at radius 1 is 1.11 bits per heavy atom. The summed E-state index contributed by atoms with van der Waals surface area (Å²) in [6.07, 6.45) is 9.82. The van der Waals surface area contributed by atoms with Gasteiger partial charge in [0.15, 0.2) is 5.69 Å². The van der Waals surface area contributed by atoms with E-state index >= 15 is 0 Å². The molecular weight excluding hydrogens is 250 g/mol. The molecule has 4 heteroatoms. The van der Waals surface area contributed by atoms with Crippen molar-refractivity contribution in [2.45, 2.75) is 71.6 Å². The minimum Gasteiger partial charge on any atom is -0.251 e. The Hall–Kier alpha value is -1.08. The summed E-state index contributed by atoms with van der Waals surface area (Å²) >= 11 is 0. The van der Waals surface area contributed by atoms with Crippen LogP contribution in [0, 0.1) is 11.5 Å². The maximum absolute atomic E-state index is 4.13. The molecule has 0 aliphatic rings. The maximum Gasteiger partial charge on any atom is 0.154 e. The molecule has 1 aromatic heterocycles. The number of rotatable bonds is 7. The van der Waals surface area contributed by atoms with E-state index in [9.17, 15) is 0 Å². The van der Waals surface area contributed by atoms with Crippen molar-refractivity contribution in [1.29, 1.82) is 0 Å². The Labute approximate surface area is 118 Å². The number of hydrogen-bond donors (Lipinski definition) is 0. The summed E-state index contributed by atoms with van der Waals surface area (Å²) in [5.41, 5.74) is 4.13. The van der Waals surface area contributed by atoms with Crippen LogP contribution in [-0.2, 0) is 6.54 Å². The lowest BCUT2D eigenvalue weighted by atomic mass is 10.1. The molecule has 0 bridgehead atoms. The van der Waals surface area contributed by atoms with Gasteiger partial charge in [0.05, 0.1) is 6.20 Å². The van der Waals surface area contributed by atoms with Crippen LogP contribution in [0.5, 0.6) is 0 Å². The van der Waals surface area contributed by atoms with Crippen LogP contribution in [-0.4, -0.2) is 23.1 Å². The minimum absolute atomic E-state index is 0.813. The third-order valence-corrected chi connectivity index (χ3v) is 3.72. The van der Waals surface area contributed by atoms with E-state index in [2.05, 4.69) is 48.3 Å². The molecule has 0 amide bonds. The second-order valence-electron chi connectivity index (χ2n) is 6.13. The largest absolute Gasteiger partial charge is 0.251 e. The van der Waals surface area contributed by atoms with Crippen molar-refractivity contribution >= 4 is 8.07 Å². The average molecular weight is 277 g/mol. The normalized spacial score (nSPS) is 11.2. The Kier molecular flexibility index (Phi) is 6.86. The van der Waals surface area contributed by atoms with Gasteiger partial charge in [0.2, 0.25) is 0 Å². The first-order valence-corrected chi connectivity index (χ1v) is 10.9. The van der Waals surface area contributed by atoms with Crippen molar-refractivity contribution in [3.63, 3.8) is 0 Å². The highest BCUT2D eigenvalue weighted by Crippen LogP contribution is 2.06. The van der Waals surface area contributed by atoms with Gasteiger partial charge in [-0.25, -0.2) is 0 Å². The van der Waals surface area contributed by atoms with Gasteiger partial charge in [0.25, 0.3) is 0 Å². The molecule has 0 radical (unpaired) electrons. The molecule has 1 heterocycles. The minimum atomic E-state index is -1.31. The van der Waals surface area contributed by atoms with Gasteiger partial charge in [-0.05, 0) is 6.42 Å². The molecule has 0 aliphatic heterocycles. The molecule has 0 aromatic carbocycles. The van der Waals surface area contributed by atoms with Crippen molar-refractivity contribution in [1.82, 2.24) is 15.0 Å². The average Bonchev–Trinajstić information content (AvgIpc) is 2.78. The standard InChI is InChI=1S/C15H27N3Si/c1-5-6-7-8-9-10-12-18-14-15(16-17-18)11-13-19(2,3)4/h14H,5-10,12H2,1-4H3. The Morgan fingerprint density at radius 2 is 1.79 bits per heavy atom. The quantitative estimate of drug-likeness (QED) is 0.430. The van der Waals surface area contributed by atoms with Gasteiger partial charge in [-0.3, -0.25) is 4.68 Å². The Bertz CT molecular complexity index is 421. The van der Waals surface area contributed by atoms with Gasteiger partial charge in [0.1, 0.15) is 8.07 Å². The lowest BCUT2D eigenvalue weighted by molar-refractivity contribution is 0.516. The van der Waals surface area contributed by atoms with Gasteiger partial charge < -0.3 is 0 Å². The summed E-state index contributed by atoms with van der Waals surface area (Å²) in [6.45, 7) is 9.92. The fraction of sp³-hybridized carbons (Fsp3) is 0.733. The molecule has 1 aromatic rings. The SMILES string of the molecule is CCCCCCCCn1cc(C#C[Si](C)(C)C)nn1. The van der Waals surface area contributed by atoms with Crippen molar-refractivity contribution in [2.24, 2.45) is 0 Å². The number of hydrogen-bond acceptors (Lipinski definition) is 2. The van der Waals surface area contributed by atoms with Gasteiger partial charge in [-0.1, -0.05) is 69.8 Å². The maximum atomic E-state index is 4.13. The molecule has 19 heavy (non-hydrogen) atoms. The van der Waals surface area contributed by atoms with Crippen LogP contribution >= 0.6 is 0 Å². The van der Waals surface area contributed by atoms with E-state index in [4.69, 9.17) is 0 Å². The van der Waals surface area contributed by atoms with Crippen LogP contribution in [0.25, 0.3) is 0 Å². The molecule has 0 atom stereocenters. The number of unbranched alkanes of at least 4 members (excludes halogenated alkanes) is 5. The smallest absolute Gasteiger partial charge is 0.154 e. The molecule has 0 fully saturated rings. The molecule has 3 nitrogen and oxygen atoms in total. The molecule has 0 N–H and O–H groups in total. The highest BCUT2D eigenvalue weighted by Gasteiger charge is 2.08. The summed E-state index contributed by atoms with van der Waals surface area (Å²) in [5.74, 6) is 3.14. The summed E-state index contributed by atoms with van der Waals surface area (Å²) < 4.78 is 1.92. The van der Waals surface area contributed by atoms with Gasteiger partial charge in [0, 0.05) is 6.54 Å². The van der Waals surface area contributed by atoms with E-state index in [0.29, 0.717) is 0 Å². The highest BCUT2D eigenvalue weighted by atomic mass is 28.3. The van der Waals surface area contributed by atoms with E-state index in [0.717, 1.165) is 12.2 Å². The number of aromatic nitrogens is 3. The molecule has 0 saturated carbocycles. The van der Waals surface area contributed by atoms with Crippen molar-refractivity contribution in [3.05, 3.63) is 11.9 Å². The second kappa shape index (κ2) is 8.16. The molecule has 0 saturated heterocycles. The first-order valence-electron chi connectivity index (χ1n) is 7.44. The second-order valence-corrected chi connectivity index (χ2v) is 10.9. The zero-order valence-electron chi connectivity index (χ0n) is 12.9. The van der Waals surface area contributed by atoms with E-state index in [1.54, 1.807) is 0 Å². The van der Waals surface area contributed by atoms with E-state index in [-0.39, 0.29) is 0 Å². The van der Waals surface area contributed by atoms with Crippen LogP contribution in [0.1, 0.15) is 51.1 Å². The molecule has 0 aliphatic carbocycles. The molecule has 1 rings (SSSR count). The summed E-state index contributed by atoms with van der Waals surface area (Å²) in [4.78, 5) is 0. The van der Waals surface area contributed by atoms with Crippen LogP contribution < -0.4 is 0 Å². The predicted octanol–water partition coefficient (Wildman–Crippen LogP) is 3.87. The third kappa shape index (κ3) is 7.84. The van der Waals surface area contributed by atoms with E-state index in [1.165, 1.54) is 38.5 Å². The van der Waals surface area contributed by atoms with E-state index in [1.807, 2.05) is 10.9 Å². The summed E-state index contributed by atoms with van der Waals surface area (Å²) in [6, 6.07) is 0. The van der Waals surface area contributed by atoms with Gasteiger partial charge in [-0.15, -0.1) is 10.6 Å². The van der Waals surface area contributed by atoms with Crippen LogP contribution in [0.3, 0.4) is 0 Å². The van der Waals surface area contributed by atoms with Crippen LogP contribution in [0.2, 0.25) is 19.6 Å². The third-order valence-electron chi connectivity index (χ3n) is 2.84. The van der Waals surface area contributed by atoms with Crippen molar-refractivity contribution in [3.8, 4) is 11.5 Å². The molecule has 0 unspecified atom stereocenters. The van der Waals surface area contributed by atoms with E-state index < -0.39 is 8.07 Å². The van der Waals surface area contributed by atoms with Gasteiger partial charge in [-0.2, -0.15) is 0 Å². The predicted molar refractivity (Wildman–Crippen MR) is 83.6 cm³/mol. The lowest BCUT2D eigenvalue weighted by Crippen LogP contribution is -2.16.